The van der Waals surface area contributed by atoms with Gasteiger partial charge in [-0.1, -0.05) is 0 Å². The van der Waals surface area contributed by atoms with Gasteiger partial charge in [0.25, 0.3) is 5.69 Å². The number of aryl methyl sites for hydroxylation is 1. The summed E-state index contributed by atoms with van der Waals surface area (Å²) in [5, 5.41) is 10.6. The van der Waals surface area contributed by atoms with Crippen LogP contribution in [0.2, 0.25) is 0 Å². The third kappa shape index (κ3) is 4.22. The monoisotopic (exact) mass is 268 g/mol. The highest BCUT2D eigenvalue weighted by atomic mass is 16.6. The molecule has 1 aromatic carbocycles. The SMILES string of the molecule is CCOC(=O)C(N)COc1ccc([N+](=O)[O-])cc1C. The highest BCUT2D eigenvalue weighted by Crippen LogP contribution is 2.23. The number of non-ortho nitro benzene ring substituents is 1. The predicted molar refractivity (Wildman–Crippen MR) is 67.9 cm³/mol. The molecular weight excluding hydrogens is 252 g/mol. The summed E-state index contributed by atoms with van der Waals surface area (Å²) in [5.74, 6) is -0.0904. The van der Waals surface area contributed by atoms with Gasteiger partial charge in [0.1, 0.15) is 18.4 Å². The van der Waals surface area contributed by atoms with E-state index in [2.05, 4.69) is 0 Å². The molecule has 1 rings (SSSR count). The lowest BCUT2D eigenvalue weighted by atomic mass is 10.2. The number of carbonyl (C=O) groups excluding carboxylic acids is 1. The van der Waals surface area contributed by atoms with Crippen molar-refractivity contribution in [3.8, 4) is 5.75 Å². The zero-order chi connectivity index (χ0) is 14.4. The van der Waals surface area contributed by atoms with Gasteiger partial charge in [-0.2, -0.15) is 0 Å². The summed E-state index contributed by atoms with van der Waals surface area (Å²) in [6.07, 6.45) is 0. The van der Waals surface area contributed by atoms with Crippen molar-refractivity contribution in [3.05, 3.63) is 33.9 Å². The summed E-state index contributed by atoms with van der Waals surface area (Å²) in [6.45, 7) is 3.57. The highest BCUT2D eigenvalue weighted by molar-refractivity contribution is 5.75. The number of esters is 1. The number of rotatable bonds is 6. The summed E-state index contributed by atoms with van der Waals surface area (Å²) < 4.78 is 10.1. The zero-order valence-corrected chi connectivity index (χ0v) is 10.8. The Kier molecular flexibility index (Phi) is 5.25. The van der Waals surface area contributed by atoms with E-state index in [1.807, 2.05) is 0 Å². The molecule has 2 N–H and O–H groups in total. The van der Waals surface area contributed by atoms with E-state index in [0.29, 0.717) is 11.3 Å². The Morgan fingerprint density at radius 1 is 1.53 bits per heavy atom. The summed E-state index contributed by atoms with van der Waals surface area (Å²) in [4.78, 5) is 21.4. The van der Waals surface area contributed by atoms with Crippen LogP contribution in [-0.2, 0) is 9.53 Å². The van der Waals surface area contributed by atoms with Crippen molar-refractivity contribution < 1.29 is 19.2 Å². The van der Waals surface area contributed by atoms with Gasteiger partial charge >= 0.3 is 5.97 Å². The number of carbonyl (C=O) groups is 1. The minimum atomic E-state index is -0.880. The number of ether oxygens (including phenoxy) is 2. The minimum absolute atomic E-state index is 0.0143. The molecule has 0 fully saturated rings. The van der Waals surface area contributed by atoms with Crippen LogP contribution in [0.5, 0.6) is 5.75 Å². The Morgan fingerprint density at radius 3 is 2.74 bits per heavy atom. The van der Waals surface area contributed by atoms with Gasteiger partial charge in [0, 0.05) is 12.1 Å². The van der Waals surface area contributed by atoms with Crippen LogP contribution >= 0.6 is 0 Å². The van der Waals surface area contributed by atoms with Crippen LogP contribution < -0.4 is 10.5 Å². The summed E-state index contributed by atoms with van der Waals surface area (Å²) in [7, 11) is 0. The van der Waals surface area contributed by atoms with Crippen LogP contribution in [0.15, 0.2) is 18.2 Å². The molecule has 0 saturated carbocycles. The Hall–Kier alpha value is -2.15. The van der Waals surface area contributed by atoms with E-state index in [-0.39, 0.29) is 18.9 Å². The first kappa shape index (κ1) is 14.9. The van der Waals surface area contributed by atoms with Gasteiger partial charge in [-0.25, -0.2) is 0 Å². The summed E-state index contributed by atoms with van der Waals surface area (Å²) in [5.41, 5.74) is 6.16. The van der Waals surface area contributed by atoms with Crippen LogP contribution in [0.3, 0.4) is 0 Å². The van der Waals surface area contributed by atoms with Crippen molar-refractivity contribution >= 4 is 11.7 Å². The maximum Gasteiger partial charge on any atom is 0.326 e. The molecule has 0 bridgehead atoms. The zero-order valence-electron chi connectivity index (χ0n) is 10.8. The molecule has 0 aliphatic rings. The molecule has 7 nitrogen and oxygen atoms in total. The van der Waals surface area contributed by atoms with Crippen molar-refractivity contribution in [2.24, 2.45) is 5.73 Å². The predicted octanol–water partition coefficient (Wildman–Crippen LogP) is 1.17. The smallest absolute Gasteiger partial charge is 0.326 e. The second kappa shape index (κ2) is 6.69. The van der Waals surface area contributed by atoms with Crippen LogP contribution in [0.4, 0.5) is 5.69 Å². The van der Waals surface area contributed by atoms with Gasteiger partial charge in [-0.05, 0) is 25.5 Å². The normalized spacial score (nSPS) is 11.7. The molecular formula is C12H16N2O5. The molecule has 1 unspecified atom stereocenters. The van der Waals surface area contributed by atoms with Crippen LogP contribution in [0.1, 0.15) is 12.5 Å². The van der Waals surface area contributed by atoms with Gasteiger partial charge in [0.05, 0.1) is 11.5 Å². The Labute approximate surface area is 110 Å². The number of benzene rings is 1. The van der Waals surface area contributed by atoms with Crippen molar-refractivity contribution in [3.63, 3.8) is 0 Å². The van der Waals surface area contributed by atoms with Crippen molar-refractivity contribution in [2.45, 2.75) is 19.9 Å². The van der Waals surface area contributed by atoms with Crippen molar-refractivity contribution in [1.82, 2.24) is 0 Å². The number of nitro groups is 1. The first-order valence-corrected chi connectivity index (χ1v) is 5.75. The number of hydrogen-bond acceptors (Lipinski definition) is 6. The van der Waals surface area contributed by atoms with E-state index in [1.165, 1.54) is 18.2 Å². The van der Waals surface area contributed by atoms with Gasteiger partial charge in [-0.3, -0.25) is 14.9 Å². The molecule has 1 aromatic rings. The van der Waals surface area contributed by atoms with Crippen LogP contribution in [-0.4, -0.2) is 30.1 Å². The molecule has 104 valence electrons. The Morgan fingerprint density at radius 2 is 2.21 bits per heavy atom. The van der Waals surface area contributed by atoms with E-state index in [9.17, 15) is 14.9 Å². The second-order valence-electron chi connectivity index (χ2n) is 3.88. The molecule has 0 spiro atoms. The fraction of sp³-hybridized carbons (Fsp3) is 0.417. The average molecular weight is 268 g/mol. The Bertz CT molecular complexity index is 475. The molecule has 1 atom stereocenters. The third-order valence-corrected chi connectivity index (χ3v) is 2.38. The maximum absolute atomic E-state index is 11.3. The fourth-order valence-corrected chi connectivity index (χ4v) is 1.41. The van der Waals surface area contributed by atoms with Gasteiger partial charge in [0.15, 0.2) is 0 Å². The lowest BCUT2D eigenvalue weighted by Gasteiger charge is -2.13. The molecule has 0 aromatic heterocycles. The van der Waals surface area contributed by atoms with Crippen molar-refractivity contribution in [2.75, 3.05) is 13.2 Å². The number of nitro benzene ring substituents is 1. The molecule has 7 heteroatoms. The number of nitrogens with zero attached hydrogens (tertiary/aromatic N) is 1. The first-order chi connectivity index (χ1) is 8.95. The summed E-state index contributed by atoms with van der Waals surface area (Å²) >= 11 is 0. The van der Waals surface area contributed by atoms with Gasteiger partial charge in [0.2, 0.25) is 0 Å². The summed E-state index contributed by atoms with van der Waals surface area (Å²) in [6, 6.07) is 3.32. The van der Waals surface area contributed by atoms with E-state index in [0.717, 1.165) is 0 Å². The van der Waals surface area contributed by atoms with Crippen molar-refractivity contribution in [1.29, 1.82) is 0 Å². The van der Waals surface area contributed by atoms with E-state index in [4.69, 9.17) is 15.2 Å². The topological polar surface area (TPSA) is 105 Å². The fourth-order valence-electron chi connectivity index (χ4n) is 1.41. The van der Waals surface area contributed by atoms with Gasteiger partial charge < -0.3 is 15.2 Å². The second-order valence-corrected chi connectivity index (χ2v) is 3.88. The van der Waals surface area contributed by atoms with Crippen LogP contribution in [0.25, 0.3) is 0 Å². The highest BCUT2D eigenvalue weighted by Gasteiger charge is 2.16. The molecule has 0 radical (unpaired) electrons. The standard InChI is InChI=1S/C12H16N2O5/c1-3-18-12(15)10(13)7-19-11-5-4-9(14(16)17)6-8(11)2/h4-6,10H,3,7,13H2,1-2H3. The third-order valence-electron chi connectivity index (χ3n) is 2.38. The molecule has 0 aliphatic carbocycles. The van der Waals surface area contributed by atoms with E-state index < -0.39 is 16.9 Å². The quantitative estimate of drug-likeness (QED) is 0.471. The average Bonchev–Trinajstić information content (AvgIpc) is 2.36. The maximum atomic E-state index is 11.3. The molecule has 0 saturated heterocycles. The minimum Gasteiger partial charge on any atom is -0.491 e. The molecule has 0 aliphatic heterocycles. The largest absolute Gasteiger partial charge is 0.491 e. The first-order valence-electron chi connectivity index (χ1n) is 5.75. The Balaban J connectivity index is 2.63. The van der Waals surface area contributed by atoms with E-state index in [1.54, 1.807) is 13.8 Å². The molecule has 0 heterocycles. The molecule has 19 heavy (non-hydrogen) atoms. The lowest BCUT2D eigenvalue weighted by molar-refractivity contribution is -0.384. The number of hydrogen-bond donors (Lipinski definition) is 1. The number of nitrogens with two attached hydrogens (primary N) is 1. The molecule has 0 amide bonds. The van der Waals surface area contributed by atoms with Gasteiger partial charge in [-0.15, -0.1) is 0 Å². The van der Waals surface area contributed by atoms with E-state index >= 15 is 0 Å². The lowest BCUT2D eigenvalue weighted by Crippen LogP contribution is -2.37. The van der Waals surface area contributed by atoms with Crippen LogP contribution in [0, 0.1) is 17.0 Å².